The minimum atomic E-state index is -0.527. The molecule has 0 aliphatic heterocycles. The van der Waals surface area contributed by atoms with E-state index in [1.165, 1.54) is 31.4 Å². The number of halogens is 1. The smallest absolute Gasteiger partial charge is 0.123 e. The highest BCUT2D eigenvalue weighted by atomic mass is 19.1. The molecule has 2 N–H and O–H groups in total. The van der Waals surface area contributed by atoms with Gasteiger partial charge in [-0.15, -0.1) is 0 Å². The molecule has 0 bridgehead atoms. The number of aliphatic hydroxyl groups excluding tert-OH is 1. The molecule has 94 valence electrons. The maximum Gasteiger partial charge on any atom is 0.123 e. The zero-order valence-electron chi connectivity index (χ0n) is 9.73. The van der Waals surface area contributed by atoms with E-state index in [0.29, 0.717) is 18.3 Å². The van der Waals surface area contributed by atoms with E-state index < -0.39 is 6.10 Å². The summed E-state index contributed by atoms with van der Waals surface area (Å²) in [6.45, 7) is 0.775. The molecule has 0 heterocycles. The van der Waals surface area contributed by atoms with Crippen LogP contribution in [0.25, 0.3) is 0 Å². The van der Waals surface area contributed by atoms with Gasteiger partial charge in [-0.3, -0.25) is 0 Å². The van der Waals surface area contributed by atoms with Crippen LogP contribution in [-0.4, -0.2) is 30.4 Å². The molecular weight excluding hydrogens is 221 g/mol. The first-order chi connectivity index (χ1) is 8.24. The fourth-order valence-corrected chi connectivity index (χ4v) is 1.70. The van der Waals surface area contributed by atoms with Crippen LogP contribution < -0.4 is 10.1 Å². The lowest BCUT2D eigenvalue weighted by molar-refractivity contribution is 0.0996. The van der Waals surface area contributed by atoms with Crippen LogP contribution in [0.4, 0.5) is 4.39 Å². The number of benzene rings is 1. The lowest BCUT2D eigenvalue weighted by Gasteiger charge is -2.27. The van der Waals surface area contributed by atoms with Gasteiger partial charge in [0, 0.05) is 12.6 Å². The van der Waals surface area contributed by atoms with Gasteiger partial charge in [0.25, 0.3) is 0 Å². The van der Waals surface area contributed by atoms with E-state index in [0.717, 1.165) is 0 Å². The largest absolute Gasteiger partial charge is 0.491 e. The van der Waals surface area contributed by atoms with Crippen LogP contribution in [0.1, 0.15) is 19.3 Å². The van der Waals surface area contributed by atoms with Gasteiger partial charge in [-0.2, -0.15) is 0 Å². The highest BCUT2D eigenvalue weighted by Crippen LogP contribution is 2.17. The second kappa shape index (κ2) is 5.98. The summed E-state index contributed by atoms with van der Waals surface area (Å²) in [4.78, 5) is 0. The summed E-state index contributed by atoms with van der Waals surface area (Å²) >= 11 is 0. The van der Waals surface area contributed by atoms with Gasteiger partial charge in [-0.1, -0.05) is 6.42 Å². The summed E-state index contributed by atoms with van der Waals surface area (Å²) in [6.07, 6.45) is 3.15. The van der Waals surface area contributed by atoms with Crippen LogP contribution in [-0.2, 0) is 0 Å². The third-order valence-electron chi connectivity index (χ3n) is 3.00. The molecule has 1 aromatic carbocycles. The van der Waals surface area contributed by atoms with E-state index in [9.17, 15) is 9.50 Å². The van der Waals surface area contributed by atoms with Gasteiger partial charge in [-0.25, -0.2) is 4.39 Å². The summed E-state index contributed by atoms with van der Waals surface area (Å²) in [5.74, 6) is 0.290. The van der Waals surface area contributed by atoms with Crippen LogP contribution in [0.2, 0.25) is 0 Å². The summed E-state index contributed by atoms with van der Waals surface area (Å²) < 4.78 is 18.0. The Labute approximate surface area is 101 Å². The maximum atomic E-state index is 12.6. The van der Waals surface area contributed by atoms with E-state index >= 15 is 0 Å². The standard InChI is InChI=1S/C13H18FNO2/c14-10-4-6-13(7-5-10)17-9-12(16)8-15-11-2-1-3-11/h4-7,11-12,15-16H,1-3,8-9H2. The van der Waals surface area contributed by atoms with Gasteiger partial charge in [0.15, 0.2) is 0 Å². The molecule has 1 saturated carbocycles. The first-order valence-corrected chi connectivity index (χ1v) is 6.04. The second-order valence-corrected chi connectivity index (χ2v) is 4.45. The van der Waals surface area contributed by atoms with Gasteiger partial charge in [0.2, 0.25) is 0 Å². The van der Waals surface area contributed by atoms with E-state index in [1.807, 2.05) is 0 Å². The predicted molar refractivity (Wildman–Crippen MR) is 63.5 cm³/mol. The van der Waals surface area contributed by atoms with Gasteiger partial charge in [-0.05, 0) is 37.1 Å². The van der Waals surface area contributed by atoms with E-state index in [-0.39, 0.29) is 12.4 Å². The molecular formula is C13H18FNO2. The first-order valence-electron chi connectivity index (χ1n) is 6.04. The molecule has 0 aromatic heterocycles. The highest BCUT2D eigenvalue weighted by Gasteiger charge is 2.17. The van der Waals surface area contributed by atoms with Crippen molar-refractivity contribution in [3.63, 3.8) is 0 Å². The van der Waals surface area contributed by atoms with E-state index in [1.54, 1.807) is 12.1 Å². The molecule has 17 heavy (non-hydrogen) atoms. The number of ether oxygens (including phenoxy) is 1. The van der Waals surface area contributed by atoms with Crippen LogP contribution in [0, 0.1) is 5.82 Å². The molecule has 4 heteroatoms. The first kappa shape index (κ1) is 12.3. The third kappa shape index (κ3) is 3.98. The van der Waals surface area contributed by atoms with Crippen LogP contribution >= 0.6 is 0 Å². The van der Waals surface area contributed by atoms with Gasteiger partial charge in [0.05, 0.1) is 0 Å². The van der Waals surface area contributed by atoms with Crippen LogP contribution in [0.15, 0.2) is 24.3 Å². The Morgan fingerprint density at radius 1 is 1.35 bits per heavy atom. The Morgan fingerprint density at radius 3 is 2.65 bits per heavy atom. The normalized spacial score (nSPS) is 17.5. The Balaban J connectivity index is 1.64. The van der Waals surface area contributed by atoms with Crippen LogP contribution in [0.5, 0.6) is 5.75 Å². The monoisotopic (exact) mass is 239 g/mol. The lowest BCUT2D eigenvalue weighted by atomic mass is 9.93. The van der Waals surface area contributed by atoms with Crippen molar-refractivity contribution in [2.75, 3.05) is 13.2 Å². The Hall–Kier alpha value is -1.13. The zero-order chi connectivity index (χ0) is 12.1. The summed E-state index contributed by atoms with van der Waals surface area (Å²) in [5, 5.41) is 12.9. The molecule has 1 unspecified atom stereocenters. The van der Waals surface area contributed by atoms with Crippen molar-refractivity contribution in [3.05, 3.63) is 30.1 Å². The minimum Gasteiger partial charge on any atom is -0.491 e. The molecule has 1 aliphatic rings. The molecule has 1 fully saturated rings. The average molecular weight is 239 g/mol. The lowest BCUT2D eigenvalue weighted by Crippen LogP contribution is -2.41. The van der Waals surface area contributed by atoms with Gasteiger partial charge < -0.3 is 15.2 Å². The fraction of sp³-hybridized carbons (Fsp3) is 0.538. The van der Waals surface area contributed by atoms with Gasteiger partial charge >= 0.3 is 0 Å². The molecule has 1 atom stereocenters. The van der Waals surface area contributed by atoms with E-state index in [4.69, 9.17) is 4.74 Å². The highest BCUT2D eigenvalue weighted by molar-refractivity contribution is 5.22. The maximum absolute atomic E-state index is 12.6. The Bertz CT molecular complexity index is 338. The SMILES string of the molecule is OC(CNC1CCC1)COc1ccc(F)cc1. The molecule has 0 amide bonds. The number of aliphatic hydroxyl groups is 1. The predicted octanol–water partition coefficient (Wildman–Crippen LogP) is 1.71. The molecule has 0 spiro atoms. The van der Waals surface area contributed by atoms with Gasteiger partial charge in [0.1, 0.15) is 24.3 Å². The van der Waals surface area contributed by atoms with Crippen molar-refractivity contribution in [3.8, 4) is 5.75 Å². The Kier molecular flexibility index (Phi) is 4.34. The molecule has 1 aliphatic carbocycles. The van der Waals surface area contributed by atoms with Crippen molar-refractivity contribution < 1.29 is 14.2 Å². The van der Waals surface area contributed by atoms with Crippen molar-refractivity contribution in [1.82, 2.24) is 5.32 Å². The van der Waals surface area contributed by atoms with Crippen LogP contribution in [0.3, 0.4) is 0 Å². The number of hydrogen-bond donors (Lipinski definition) is 2. The molecule has 1 aromatic rings. The number of nitrogens with one attached hydrogen (secondary N) is 1. The zero-order valence-corrected chi connectivity index (χ0v) is 9.73. The summed E-state index contributed by atoms with van der Waals surface area (Å²) in [5.41, 5.74) is 0. The van der Waals surface area contributed by atoms with Crippen molar-refractivity contribution in [1.29, 1.82) is 0 Å². The summed E-state index contributed by atoms with van der Waals surface area (Å²) in [7, 11) is 0. The molecule has 3 nitrogen and oxygen atoms in total. The second-order valence-electron chi connectivity index (χ2n) is 4.45. The Morgan fingerprint density at radius 2 is 2.06 bits per heavy atom. The van der Waals surface area contributed by atoms with Crippen molar-refractivity contribution in [2.45, 2.75) is 31.4 Å². The number of hydrogen-bond acceptors (Lipinski definition) is 3. The van der Waals surface area contributed by atoms with Crippen molar-refractivity contribution in [2.24, 2.45) is 0 Å². The molecule has 0 radical (unpaired) electrons. The topological polar surface area (TPSA) is 41.5 Å². The minimum absolute atomic E-state index is 0.228. The average Bonchev–Trinajstić information content (AvgIpc) is 2.26. The quantitative estimate of drug-likeness (QED) is 0.794. The summed E-state index contributed by atoms with van der Waals surface area (Å²) in [6, 6.07) is 6.36. The molecule has 2 rings (SSSR count). The fourth-order valence-electron chi connectivity index (χ4n) is 1.70. The number of rotatable bonds is 6. The van der Waals surface area contributed by atoms with Crippen molar-refractivity contribution >= 4 is 0 Å². The third-order valence-corrected chi connectivity index (χ3v) is 3.00. The van der Waals surface area contributed by atoms with E-state index in [2.05, 4.69) is 5.32 Å². The molecule has 0 saturated heterocycles.